The minimum absolute atomic E-state index is 0.185. The highest BCUT2D eigenvalue weighted by molar-refractivity contribution is 7.26. The van der Waals surface area contributed by atoms with Gasteiger partial charge in [0.2, 0.25) is 0 Å². The van der Waals surface area contributed by atoms with Gasteiger partial charge in [0.05, 0.1) is 16.9 Å². The second kappa shape index (κ2) is 17.7. The van der Waals surface area contributed by atoms with Crippen LogP contribution in [0, 0.1) is 28.1 Å². The molecular weight excluding hydrogens is 645 g/mol. The van der Waals surface area contributed by atoms with Crippen molar-refractivity contribution in [2.24, 2.45) is 16.5 Å². The molecule has 0 fully saturated rings. The summed E-state index contributed by atoms with van der Waals surface area (Å²) in [5.74, 6) is 0. The van der Waals surface area contributed by atoms with Gasteiger partial charge in [-0.2, -0.15) is 10.5 Å². The largest absolute Gasteiger partial charge is 0.404 e. The van der Waals surface area contributed by atoms with E-state index in [4.69, 9.17) is 22.1 Å². The van der Waals surface area contributed by atoms with E-state index in [-0.39, 0.29) is 5.57 Å². The molecule has 0 amide bonds. The summed E-state index contributed by atoms with van der Waals surface area (Å²) in [5, 5.41) is 30.4. The van der Waals surface area contributed by atoms with Gasteiger partial charge in [-0.15, -0.1) is 11.3 Å². The van der Waals surface area contributed by atoms with Gasteiger partial charge in [-0.1, -0.05) is 86.0 Å². The first-order valence-corrected chi connectivity index (χ1v) is 17.0. The third kappa shape index (κ3) is 8.55. The van der Waals surface area contributed by atoms with Gasteiger partial charge in [-0.05, 0) is 101 Å². The van der Waals surface area contributed by atoms with E-state index in [0.717, 1.165) is 45.1 Å². The van der Waals surface area contributed by atoms with Gasteiger partial charge >= 0.3 is 0 Å². The third-order valence-corrected chi connectivity index (χ3v) is 9.29. The van der Waals surface area contributed by atoms with Crippen LogP contribution in [-0.2, 0) is 6.42 Å². The number of fused-ring (bicyclic) bond motifs is 5. The summed E-state index contributed by atoms with van der Waals surface area (Å²) >= 11 is 1.77. The molecule has 0 atom stereocenters. The lowest BCUT2D eigenvalue weighted by molar-refractivity contribution is 1.26. The van der Waals surface area contributed by atoms with Crippen LogP contribution >= 0.6 is 11.3 Å². The molecule has 1 aromatic heterocycles. The van der Waals surface area contributed by atoms with E-state index in [9.17, 15) is 5.26 Å². The molecule has 6 nitrogen and oxygen atoms in total. The Kier molecular flexibility index (Phi) is 13.0. The summed E-state index contributed by atoms with van der Waals surface area (Å²) in [7, 11) is 1.72. The van der Waals surface area contributed by atoms with Crippen LogP contribution in [0.25, 0.3) is 49.2 Å². The molecule has 0 aliphatic rings. The van der Waals surface area contributed by atoms with Crippen LogP contribution in [0.15, 0.2) is 143 Å². The molecule has 3 aromatic carbocycles. The number of nitrogens with zero attached hydrogens (tertiary/aromatic N) is 3. The molecule has 1 heterocycles. The zero-order valence-corrected chi connectivity index (χ0v) is 29.9. The lowest BCUT2D eigenvalue weighted by atomic mass is 9.91. The monoisotopic (exact) mass is 684 g/mol. The van der Waals surface area contributed by atoms with E-state index in [2.05, 4.69) is 84.9 Å². The van der Waals surface area contributed by atoms with Crippen LogP contribution in [0.3, 0.4) is 0 Å². The Morgan fingerprint density at radius 2 is 1.71 bits per heavy atom. The summed E-state index contributed by atoms with van der Waals surface area (Å²) in [6.45, 7) is 12.1. The van der Waals surface area contributed by atoms with E-state index in [1.54, 1.807) is 30.5 Å². The highest BCUT2D eigenvalue weighted by Gasteiger charge is 2.17. The number of thiophene rings is 1. The van der Waals surface area contributed by atoms with Gasteiger partial charge < -0.3 is 16.9 Å². The molecule has 0 unspecified atom stereocenters. The van der Waals surface area contributed by atoms with Crippen LogP contribution in [0.4, 0.5) is 0 Å². The lowest BCUT2D eigenvalue weighted by Gasteiger charge is -2.12. The maximum atomic E-state index is 9.22. The number of allylic oxidation sites excluding steroid dienone is 12. The van der Waals surface area contributed by atoms with Gasteiger partial charge in [-0.25, -0.2) is 0 Å². The van der Waals surface area contributed by atoms with E-state index < -0.39 is 0 Å². The Bertz CT molecular complexity index is 2400. The first-order chi connectivity index (χ1) is 24.7. The smallest absolute Gasteiger partial charge is 0.101 e. The molecule has 5 N–H and O–H groups in total. The second-order valence-corrected chi connectivity index (χ2v) is 12.5. The molecule has 4 rings (SSSR count). The number of nitrogens with one attached hydrogen (secondary N) is 1. The van der Waals surface area contributed by atoms with Crippen LogP contribution in [0.2, 0.25) is 0 Å². The summed E-state index contributed by atoms with van der Waals surface area (Å²) in [6, 6.07) is 17.0. The zero-order chi connectivity index (χ0) is 36.9. The topological polar surface area (TPSA) is 136 Å². The Hall–Kier alpha value is -6.54. The average molecular weight is 685 g/mol. The molecule has 252 valence electrons. The molecule has 7 heteroatoms. The van der Waals surface area contributed by atoms with Crippen molar-refractivity contribution >= 4 is 72.4 Å². The van der Waals surface area contributed by atoms with Gasteiger partial charge in [0.15, 0.2) is 0 Å². The third-order valence-electron chi connectivity index (χ3n) is 8.21. The van der Waals surface area contributed by atoms with Crippen molar-refractivity contribution in [1.29, 1.82) is 15.9 Å². The van der Waals surface area contributed by atoms with Gasteiger partial charge in [0.25, 0.3) is 0 Å². The van der Waals surface area contributed by atoms with E-state index in [0.29, 0.717) is 23.3 Å². The minimum atomic E-state index is 0.185. The maximum absolute atomic E-state index is 9.22. The Morgan fingerprint density at radius 1 is 0.980 bits per heavy atom. The molecule has 51 heavy (non-hydrogen) atoms. The highest BCUT2D eigenvalue weighted by atomic mass is 32.1. The van der Waals surface area contributed by atoms with E-state index in [1.807, 2.05) is 50.3 Å². The number of aliphatic imine (C=N–C) groups is 1. The number of benzene rings is 3. The zero-order valence-electron chi connectivity index (χ0n) is 29.1. The van der Waals surface area contributed by atoms with Crippen molar-refractivity contribution in [1.82, 2.24) is 0 Å². The second-order valence-electron chi connectivity index (χ2n) is 11.5. The average Bonchev–Trinajstić information content (AvgIpc) is 3.52. The highest BCUT2D eigenvalue weighted by Crippen LogP contribution is 2.44. The molecule has 4 aromatic rings. The molecule has 0 aliphatic carbocycles. The lowest BCUT2D eigenvalue weighted by Crippen LogP contribution is -1.98. The Morgan fingerprint density at radius 3 is 2.35 bits per heavy atom. The SMILES string of the molecule is C=Cc1c(/C=C\C)c(C/C=C\C=C(/N)C(=C)/C=C(/C#N)C=N)cc2sc3cc(/C=C/C=C\C(=NC)/C(C)=C/C(C#N)=C\N)c4ccccc4c3c12. The molecule has 0 saturated carbocycles. The van der Waals surface area contributed by atoms with Crippen LogP contribution in [-0.4, -0.2) is 19.0 Å². The number of hydrogen-bond acceptors (Lipinski definition) is 7. The van der Waals surface area contributed by atoms with Gasteiger partial charge in [-0.3, -0.25) is 4.99 Å². The molecule has 0 spiro atoms. The predicted octanol–water partition coefficient (Wildman–Crippen LogP) is 10.4. The minimum Gasteiger partial charge on any atom is -0.404 e. The maximum Gasteiger partial charge on any atom is 0.101 e. The molecule has 0 bridgehead atoms. The Labute approximate surface area is 303 Å². The summed E-state index contributed by atoms with van der Waals surface area (Å²) < 4.78 is 2.37. The fourth-order valence-corrected chi connectivity index (χ4v) is 7.02. The van der Waals surface area contributed by atoms with Crippen LogP contribution in [0.1, 0.15) is 36.1 Å². The molecule has 0 aliphatic heterocycles. The quantitative estimate of drug-likeness (QED) is 0.0733. The van der Waals surface area contributed by atoms with Crippen molar-refractivity contribution in [3.05, 3.63) is 161 Å². The first-order valence-electron chi connectivity index (χ1n) is 16.2. The van der Waals surface area contributed by atoms with Crippen molar-refractivity contribution < 1.29 is 0 Å². The summed E-state index contributed by atoms with van der Waals surface area (Å²) in [6.07, 6.45) is 26.0. The standard InChI is InChI=1S/C44H40N6S/c1-6-14-36-33(15-8-12-19-39(49)29(3)21-31(25-45)26-46)23-41-43(35(36)7-2)44-38-18-11-10-17-37(38)34(24-42(44)51-41)16-9-13-20-40(50-5)30(4)22-32(27-47)28-48/h6-14,16-25,27,45H,2-3,15,47,49H2,1,4-5H3/b12-8-,14-6-,16-9+,20-13-,30-22+,31-21+,32-27+,39-19-,45-25?,50-40?. The van der Waals surface area contributed by atoms with Gasteiger partial charge in [0.1, 0.15) is 12.1 Å². The fraction of sp³-hybridized carbons (Fsp3) is 0.0909. The molecular formula is C44H40N6S. The number of nitrogens with two attached hydrogens (primary N) is 2. The van der Waals surface area contributed by atoms with Crippen molar-refractivity contribution in [3.8, 4) is 12.1 Å². The fourth-order valence-electron chi connectivity index (χ4n) is 5.77. The van der Waals surface area contributed by atoms with Crippen molar-refractivity contribution in [3.63, 3.8) is 0 Å². The normalized spacial score (nSPS) is 13.7. The van der Waals surface area contributed by atoms with Crippen molar-refractivity contribution in [2.75, 3.05) is 7.05 Å². The van der Waals surface area contributed by atoms with Crippen LogP contribution < -0.4 is 11.5 Å². The summed E-state index contributed by atoms with van der Waals surface area (Å²) in [5.41, 5.74) is 19.3. The van der Waals surface area contributed by atoms with Crippen LogP contribution in [0.5, 0.6) is 0 Å². The Balaban J connectivity index is 1.78. The molecule has 0 saturated heterocycles. The predicted molar refractivity (Wildman–Crippen MR) is 222 cm³/mol. The number of hydrogen-bond donors (Lipinski definition) is 3. The number of nitriles is 2. The molecule has 0 radical (unpaired) electrons. The number of rotatable bonds is 13. The summed E-state index contributed by atoms with van der Waals surface area (Å²) in [4.78, 5) is 4.37. The van der Waals surface area contributed by atoms with Gasteiger partial charge in [0, 0.05) is 45.3 Å². The first kappa shape index (κ1) is 37.3. The van der Waals surface area contributed by atoms with Crippen molar-refractivity contribution in [2.45, 2.75) is 20.3 Å². The van der Waals surface area contributed by atoms with E-state index >= 15 is 0 Å². The van der Waals surface area contributed by atoms with E-state index in [1.165, 1.54) is 37.8 Å².